The molecular weight excluding hydrogens is 254 g/mol. The van der Waals surface area contributed by atoms with Crippen LogP contribution >= 0.6 is 0 Å². The summed E-state index contributed by atoms with van der Waals surface area (Å²) in [6, 6.07) is 7.41. The van der Waals surface area contributed by atoms with Gasteiger partial charge in [-0.3, -0.25) is 4.79 Å². The summed E-state index contributed by atoms with van der Waals surface area (Å²) < 4.78 is 5.56. The van der Waals surface area contributed by atoms with Crippen LogP contribution in [0.2, 0.25) is 0 Å². The summed E-state index contributed by atoms with van der Waals surface area (Å²) >= 11 is 0. The van der Waals surface area contributed by atoms with E-state index in [2.05, 4.69) is 19.2 Å². The molecular formula is C16H21NO3. The number of hydrogen-bond acceptors (Lipinski definition) is 3. The molecule has 1 aliphatic rings. The van der Waals surface area contributed by atoms with Crippen molar-refractivity contribution in [3.63, 3.8) is 0 Å². The van der Waals surface area contributed by atoms with Crippen molar-refractivity contribution in [1.82, 2.24) is 5.32 Å². The van der Waals surface area contributed by atoms with Crippen molar-refractivity contribution in [2.75, 3.05) is 13.2 Å². The minimum absolute atomic E-state index is 0.0470. The van der Waals surface area contributed by atoms with Crippen LogP contribution in [0.5, 0.6) is 5.75 Å². The first-order chi connectivity index (χ1) is 9.60. The molecule has 0 aromatic heterocycles. The van der Waals surface area contributed by atoms with E-state index in [1.165, 1.54) is 0 Å². The summed E-state index contributed by atoms with van der Waals surface area (Å²) in [4.78, 5) is 12.2. The van der Waals surface area contributed by atoms with Crippen molar-refractivity contribution in [2.45, 2.75) is 26.3 Å². The Morgan fingerprint density at radius 1 is 1.40 bits per heavy atom. The number of nitrogens with one attached hydrogen (secondary N) is 1. The van der Waals surface area contributed by atoms with Crippen LogP contribution in [0.1, 0.15) is 25.8 Å². The Kier molecular flexibility index (Phi) is 4.79. The van der Waals surface area contributed by atoms with E-state index in [-0.39, 0.29) is 25.2 Å². The highest BCUT2D eigenvalue weighted by Crippen LogP contribution is 2.25. The van der Waals surface area contributed by atoms with Crippen LogP contribution in [0.25, 0.3) is 6.08 Å². The number of ether oxygens (including phenoxy) is 1. The molecule has 1 atom stereocenters. The van der Waals surface area contributed by atoms with Gasteiger partial charge in [0, 0.05) is 5.56 Å². The van der Waals surface area contributed by atoms with Gasteiger partial charge in [0.15, 0.2) is 0 Å². The van der Waals surface area contributed by atoms with E-state index in [1.54, 1.807) is 0 Å². The number of amides is 1. The van der Waals surface area contributed by atoms with Gasteiger partial charge in [0.1, 0.15) is 12.4 Å². The minimum atomic E-state index is -0.208. The molecule has 20 heavy (non-hydrogen) atoms. The quantitative estimate of drug-likeness (QED) is 0.864. The number of para-hydroxylation sites is 1. The highest BCUT2D eigenvalue weighted by Gasteiger charge is 2.20. The first kappa shape index (κ1) is 14.6. The predicted molar refractivity (Wildman–Crippen MR) is 78.4 cm³/mol. The van der Waals surface area contributed by atoms with Gasteiger partial charge < -0.3 is 15.2 Å². The van der Waals surface area contributed by atoms with Crippen molar-refractivity contribution in [2.24, 2.45) is 5.92 Å². The molecule has 1 aromatic carbocycles. The Bertz CT molecular complexity index is 508. The van der Waals surface area contributed by atoms with Crippen LogP contribution in [0.4, 0.5) is 0 Å². The molecule has 0 bridgehead atoms. The highest BCUT2D eigenvalue weighted by molar-refractivity contribution is 5.99. The number of hydrogen-bond donors (Lipinski definition) is 2. The molecule has 1 unspecified atom stereocenters. The van der Waals surface area contributed by atoms with Crippen molar-refractivity contribution in [3.05, 3.63) is 35.4 Å². The molecule has 0 radical (unpaired) electrons. The smallest absolute Gasteiger partial charge is 0.250 e. The molecule has 0 aliphatic carbocycles. The molecule has 0 spiro atoms. The Balaban J connectivity index is 2.05. The molecule has 1 amide bonds. The van der Waals surface area contributed by atoms with Crippen LogP contribution in [0.3, 0.4) is 0 Å². The van der Waals surface area contributed by atoms with Crippen molar-refractivity contribution in [1.29, 1.82) is 0 Å². The topological polar surface area (TPSA) is 58.6 Å². The van der Waals surface area contributed by atoms with Crippen LogP contribution in [-0.4, -0.2) is 30.3 Å². The molecule has 0 saturated heterocycles. The number of aliphatic hydroxyl groups excluding tert-OH is 1. The predicted octanol–water partition coefficient (Wildman–Crippen LogP) is 1.99. The number of carbonyl (C=O) groups excluding carboxylic acids is 1. The van der Waals surface area contributed by atoms with E-state index in [4.69, 9.17) is 4.74 Å². The molecule has 2 N–H and O–H groups in total. The average molecular weight is 275 g/mol. The summed E-state index contributed by atoms with van der Waals surface area (Å²) in [5.41, 5.74) is 1.50. The zero-order valence-electron chi connectivity index (χ0n) is 11.9. The first-order valence-corrected chi connectivity index (χ1v) is 6.94. The lowest BCUT2D eigenvalue weighted by atomic mass is 10.0. The maximum atomic E-state index is 12.2. The second-order valence-electron chi connectivity index (χ2n) is 5.48. The molecule has 2 rings (SSSR count). The zero-order valence-corrected chi connectivity index (χ0v) is 11.9. The number of aliphatic hydroxyl groups is 1. The molecule has 108 valence electrons. The lowest BCUT2D eigenvalue weighted by Gasteiger charge is -2.21. The van der Waals surface area contributed by atoms with E-state index in [0.717, 1.165) is 17.7 Å². The summed E-state index contributed by atoms with van der Waals surface area (Å²) in [7, 11) is 0. The lowest BCUT2D eigenvalue weighted by Crippen LogP contribution is -2.40. The second kappa shape index (κ2) is 6.57. The van der Waals surface area contributed by atoms with Gasteiger partial charge in [0.05, 0.1) is 18.2 Å². The van der Waals surface area contributed by atoms with E-state index < -0.39 is 0 Å². The van der Waals surface area contributed by atoms with Crippen molar-refractivity contribution in [3.8, 4) is 5.75 Å². The van der Waals surface area contributed by atoms with Gasteiger partial charge >= 0.3 is 0 Å². The Labute approximate surface area is 119 Å². The number of fused-ring (bicyclic) bond motifs is 1. The van der Waals surface area contributed by atoms with Crippen LogP contribution in [0, 0.1) is 5.92 Å². The molecule has 0 saturated carbocycles. The Hall–Kier alpha value is -1.81. The summed E-state index contributed by atoms with van der Waals surface area (Å²) in [6.45, 7) is 4.35. The number of rotatable bonds is 5. The minimum Gasteiger partial charge on any atom is -0.488 e. The highest BCUT2D eigenvalue weighted by atomic mass is 16.5. The molecule has 1 aliphatic heterocycles. The molecule has 1 heterocycles. The van der Waals surface area contributed by atoms with Crippen molar-refractivity contribution < 1.29 is 14.6 Å². The molecule has 0 fully saturated rings. The fourth-order valence-corrected chi connectivity index (χ4v) is 2.27. The number of benzene rings is 1. The second-order valence-corrected chi connectivity index (χ2v) is 5.48. The fraction of sp³-hybridized carbons (Fsp3) is 0.438. The Morgan fingerprint density at radius 2 is 2.15 bits per heavy atom. The van der Waals surface area contributed by atoms with E-state index in [9.17, 15) is 9.90 Å². The zero-order chi connectivity index (χ0) is 14.5. The largest absolute Gasteiger partial charge is 0.488 e. The normalized spacial score (nSPS) is 15.1. The van der Waals surface area contributed by atoms with Gasteiger partial charge in [0.2, 0.25) is 0 Å². The van der Waals surface area contributed by atoms with Gasteiger partial charge in [-0.25, -0.2) is 0 Å². The monoisotopic (exact) mass is 275 g/mol. The van der Waals surface area contributed by atoms with Gasteiger partial charge in [0.25, 0.3) is 5.91 Å². The molecule has 1 aromatic rings. The van der Waals surface area contributed by atoms with Gasteiger partial charge in [-0.05, 0) is 24.5 Å². The maximum Gasteiger partial charge on any atom is 0.250 e. The Morgan fingerprint density at radius 3 is 2.85 bits per heavy atom. The summed E-state index contributed by atoms with van der Waals surface area (Å²) in [6.07, 6.45) is 2.60. The SMILES string of the molecule is CC(C)CC(CO)NC(=O)C1=Cc2ccccc2OC1. The number of carbonyl (C=O) groups is 1. The molecule has 4 heteroatoms. The van der Waals surface area contributed by atoms with E-state index >= 15 is 0 Å². The lowest BCUT2D eigenvalue weighted by molar-refractivity contribution is -0.118. The first-order valence-electron chi connectivity index (χ1n) is 6.94. The standard InChI is InChI=1S/C16H21NO3/c1-11(2)7-14(9-18)17-16(19)13-8-12-5-3-4-6-15(12)20-10-13/h3-6,8,11,14,18H,7,9-10H2,1-2H3,(H,17,19). The van der Waals surface area contributed by atoms with Crippen LogP contribution in [-0.2, 0) is 4.79 Å². The van der Waals surface area contributed by atoms with E-state index in [0.29, 0.717) is 11.5 Å². The average Bonchev–Trinajstić information content (AvgIpc) is 2.45. The van der Waals surface area contributed by atoms with Gasteiger partial charge in [-0.15, -0.1) is 0 Å². The fourth-order valence-electron chi connectivity index (χ4n) is 2.27. The summed E-state index contributed by atoms with van der Waals surface area (Å²) in [5, 5.41) is 12.2. The summed E-state index contributed by atoms with van der Waals surface area (Å²) in [5.74, 6) is 1.05. The third kappa shape index (κ3) is 3.61. The third-order valence-corrected chi connectivity index (χ3v) is 3.24. The van der Waals surface area contributed by atoms with Gasteiger partial charge in [-0.2, -0.15) is 0 Å². The van der Waals surface area contributed by atoms with Crippen LogP contribution in [0.15, 0.2) is 29.8 Å². The maximum absolute atomic E-state index is 12.2. The third-order valence-electron chi connectivity index (χ3n) is 3.24. The van der Waals surface area contributed by atoms with Crippen molar-refractivity contribution >= 4 is 12.0 Å². The van der Waals surface area contributed by atoms with Crippen LogP contribution < -0.4 is 10.1 Å². The molecule has 4 nitrogen and oxygen atoms in total. The van der Waals surface area contributed by atoms with E-state index in [1.807, 2.05) is 30.3 Å². The van der Waals surface area contributed by atoms with Gasteiger partial charge in [-0.1, -0.05) is 32.0 Å².